The van der Waals surface area contributed by atoms with Crippen molar-refractivity contribution >= 4 is 17.9 Å². The molecule has 0 heterocycles. The highest BCUT2D eigenvalue weighted by Gasteiger charge is 2.22. The summed E-state index contributed by atoms with van der Waals surface area (Å²) in [6, 6.07) is 13.9. The number of hydrogen-bond acceptors (Lipinski definition) is 10. The third-order valence-electron chi connectivity index (χ3n) is 10.3. The maximum absolute atomic E-state index is 12.7. The zero-order valence-corrected chi connectivity index (χ0v) is 34.4. The minimum Gasteiger partial charge on any atom is -0.494 e. The Morgan fingerprint density at radius 3 is 1.66 bits per heavy atom. The van der Waals surface area contributed by atoms with Gasteiger partial charge in [0, 0.05) is 6.61 Å². The molecule has 1 N–H and O–H groups in total. The highest BCUT2D eigenvalue weighted by molar-refractivity contribution is 5.93. The molecule has 0 spiro atoms. The Bertz CT molecular complexity index is 1350. The van der Waals surface area contributed by atoms with E-state index in [1.54, 1.807) is 18.2 Å². The molecule has 56 heavy (non-hydrogen) atoms. The van der Waals surface area contributed by atoms with Gasteiger partial charge in [0.05, 0.1) is 52.5 Å². The van der Waals surface area contributed by atoms with E-state index in [2.05, 4.69) is 31.2 Å². The van der Waals surface area contributed by atoms with E-state index in [0.717, 1.165) is 88.7 Å². The van der Waals surface area contributed by atoms with Gasteiger partial charge in [0.15, 0.2) is 0 Å². The molecule has 0 radical (unpaired) electrons. The zero-order valence-electron chi connectivity index (χ0n) is 34.4. The molecule has 0 saturated heterocycles. The highest BCUT2D eigenvalue weighted by atomic mass is 16.5. The summed E-state index contributed by atoms with van der Waals surface area (Å²) < 4.78 is 33.5. The summed E-state index contributed by atoms with van der Waals surface area (Å²) in [6.07, 6.45) is 18.4. The Kier molecular flexibility index (Phi) is 24.5. The maximum atomic E-state index is 12.7. The van der Waals surface area contributed by atoms with Gasteiger partial charge >= 0.3 is 17.9 Å². The van der Waals surface area contributed by atoms with Crippen molar-refractivity contribution in [1.82, 2.24) is 0 Å². The summed E-state index contributed by atoms with van der Waals surface area (Å²) in [6.45, 7) is 6.91. The molecule has 0 amide bonds. The summed E-state index contributed by atoms with van der Waals surface area (Å²) in [4.78, 5) is 36.8. The van der Waals surface area contributed by atoms with Crippen LogP contribution in [0.3, 0.4) is 0 Å². The number of carbonyl (C=O) groups excluding carboxylic acids is 3. The topological polar surface area (TPSA) is 127 Å². The third-order valence-corrected chi connectivity index (χ3v) is 10.3. The van der Waals surface area contributed by atoms with Crippen molar-refractivity contribution in [2.24, 2.45) is 5.92 Å². The lowest BCUT2D eigenvalue weighted by Crippen LogP contribution is -2.13. The van der Waals surface area contributed by atoms with E-state index in [1.807, 2.05) is 6.92 Å². The molecule has 2 aromatic carbocycles. The summed E-state index contributed by atoms with van der Waals surface area (Å²) in [5.74, 6) is 2.39. The summed E-state index contributed by atoms with van der Waals surface area (Å²) >= 11 is 0. The van der Waals surface area contributed by atoms with Crippen LogP contribution in [0.4, 0.5) is 0 Å². The van der Waals surface area contributed by atoms with Gasteiger partial charge in [-0.1, -0.05) is 38.3 Å². The van der Waals surface area contributed by atoms with E-state index in [-0.39, 0.29) is 31.4 Å². The lowest BCUT2D eigenvalue weighted by Gasteiger charge is -2.28. The zero-order chi connectivity index (χ0) is 40.1. The van der Waals surface area contributed by atoms with Crippen LogP contribution in [-0.4, -0.2) is 69.3 Å². The predicted molar refractivity (Wildman–Crippen MR) is 219 cm³/mol. The summed E-state index contributed by atoms with van der Waals surface area (Å²) in [5, 5.41) is 8.89. The smallest absolute Gasteiger partial charge is 0.342 e. The van der Waals surface area contributed by atoms with Crippen molar-refractivity contribution < 1.29 is 47.9 Å². The average molecular weight is 783 g/mol. The fourth-order valence-electron chi connectivity index (χ4n) is 7.09. The van der Waals surface area contributed by atoms with Crippen molar-refractivity contribution in [3.05, 3.63) is 53.6 Å². The molecular weight excluding hydrogens is 712 g/mol. The van der Waals surface area contributed by atoms with E-state index in [9.17, 15) is 14.4 Å². The van der Waals surface area contributed by atoms with Crippen LogP contribution in [0.1, 0.15) is 164 Å². The molecule has 0 bridgehead atoms. The molecule has 0 aliphatic heterocycles. The highest BCUT2D eigenvalue weighted by Crippen LogP contribution is 2.38. The van der Waals surface area contributed by atoms with Crippen molar-refractivity contribution in [2.75, 3.05) is 46.2 Å². The second-order valence-corrected chi connectivity index (χ2v) is 14.9. The molecule has 0 unspecified atom stereocenters. The number of aliphatic hydroxyl groups is 1. The molecule has 0 aromatic heterocycles. The lowest BCUT2D eigenvalue weighted by atomic mass is 9.77. The fourth-order valence-corrected chi connectivity index (χ4v) is 7.09. The van der Waals surface area contributed by atoms with Crippen LogP contribution >= 0.6 is 0 Å². The Labute approximate surface area is 336 Å². The first kappa shape index (κ1) is 46.6. The average Bonchev–Trinajstić information content (AvgIpc) is 3.21. The van der Waals surface area contributed by atoms with Crippen LogP contribution in [-0.2, 0) is 23.8 Å². The monoisotopic (exact) mass is 782 g/mol. The van der Waals surface area contributed by atoms with E-state index < -0.39 is 5.97 Å². The third kappa shape index (κ3) is 19.9. The second-order valence-electron chi connectivity index (χ2n) is 14.9. The van der Waals surface area contributed by atoms with Crippen LogP contribution < -0.4 is 14.2 Å². The minimum absolute atomic E-state index is 0.0211. The van der Waals surface area contributed by atoms with Crippen LogP contribution in [0.15, 0.2) is 42.5 Å². The van der Waals surface area contributed by atoms with Gasteiger partial charge in [0.25, 0.3) is 0 Å². The van der Waals surface area contributed by atoms with Crippen LogP contribution in [0.2, 0.25) is 0 Å². The van der Waals surface area contributed by atoms with Crippen molar-refractivity contribution in [2.45, 2.75) is 148 Å². The van der Waals surface area contributed by atoms with E-state index in [1.165, 1.54) is 44.1 Å². The fraction of sp³-hybridized carbons (Fsp3) is 0.674. The molecule has 10 nitrogen and oxygen atoms in total. The molecule has 1 aliphatic rings. The Balaban J connectivity index is 1.13. The SMILES string of the molecule is CCCC1CCC(c2ccc(OCCCCCCOC(=O)CCC(=O)OCCCCCCOc3ccc(OCC)c(C(=O)OCCCCCCO)c3)cc2)CC1. The van der Waals surface area contributed by atoms with Gasteiger partial charge in [-0.3, -0.25) is 9.59 Å². The molecule has 2 aromatic rings. The lowest BCUT2D eigenvalue weighted by molar-refractivity contribution is -0.150. The van der Waals surface area contributed by atoms with Gasteiger partial charge in [0.1, 0.15) is 22.8 Å². The first-order chi connectivity index (χ1) is 27.4. The molecule has 1 fully saturated rings. The standard InChI is InChI=1S/C46H70O10/c1-3-17-37-18-20-38(21-19-37)39-22-24-40(25-23-39)52-31-12-7-9-14-33-54-44(48)28-29-45(49)55-34-15-10-8-13-32-53-41-26-27-43(51-4-2)42(36-41)46(50)56-35-16-6-5-11-30-47/h22-27,36-38,47H,3-21,28-35H2,1-2H3. The van der Waals surface area contributed by atoms with Gasteiger partial charge in [-0.2, -0.15) is 0 Å². The number of hydrogen-bond donors (Lipinski definition) is 1. The van der Waals surface area contributed by atoms with Crippen LogP contribution in [0.25, 0.3) is 0 Å². The van der Waals surface area contributed by atoms with E-state index in [0.29, 0.717) is 62.6 Å². The summed E-state index contributed by atoms with van der Waals surface area (Å²) in [7, 11) is 0. The molecule has 0 atom stereocenters. The molecule has 10 heteroatoms. The van der Waals surface area contributed by atoms with Crippen LogP contribution in [0, 0.1) is 5.92 Å². The number of rotatable bonds is 31. The minimum atomic E-state index is -0.443. The first-order valence-corrected chi connectivity index (χ1v) is 21.6. The van der Waals surface area contributed by atoms with Crippen LogP contribution in [0.5, 0.6) is 17.2 Å². The van der Waals surface area contributed by atoms with Gasteiger partial charge in [0.2, 0.25) is 0 Å². The Morgan fingerprint density at radius 2 is 1.11 bits per heavy atom. The van der Waals surface area contributed by atoms with Crippen molar-refractivity contribution in [3.8, 4) is 17.2 Å². The number of benzene rings is 2. The molecule has 314 valence electrons. The van der Waals surface area contributed by atoms with Gasteiger partial charge in [-0.05, 0) is 151 Å². The van der Waals surface area contributed by atoms with E-state index in [4.69, 9.17) is 33.5 Å². The number of unbranched alkanes of at least 4 members (excludes halogenated alkanes) is 9. The second kappa shape index (κ2) is 29.5. The molecule has 1 aliphatic carbocycles. The first-order valence-electron chi connectivity index (χ1n) is 21.6. The largest absolute Gasteiger partial charge is 0.494 e. The molecule has 3 rings (SSSR count). The Hall–Kier alpha value is -3.79. The van der Waals surface area contributed by atoms with E-state index >= 15 is 0 Å². The number of esters is 3. The van der Waals surface area contributed by atoms with Gasteiger partial charge in [-0.25, -0.2) is 4.79 Å². The Morgan fingerprint density at radius 1 is 0.589 bits per heavy atom. The van der Waals surface area contributed by atoms with Gasteiger partial charge < -0.3 is 33.5 Å². The maximum Gasteiger partial charge on any atom is 0.342 e. The number of carbonyl (C=O) groups is 3. The number of ether oxygens (including phenoxy) is 6. The summed E-state index contributed by atoms with van der Waals surface area (Å²) in [5.41, 5.74) is 1.79. The van der Waals surface area contributed by atoms with Crippen molar-refractivity contribution in [1.29, 1.82) is 0 Å². The quantitative estimate of drug-likeness (QED) is 0.0449. The normalized spacial score (nSPS) is 15.2. The predicted octanol–water partition coefficient (Wildman–Crippen LogP) is 10.3. The number of aliphatic hydroxyl groups excluding tert-OH is 1. The molecular formula is C46H70O10. The van der Waals surface area contributed by atoms with Crippen molar-refractivity contribution in [3.63, 3.8) is 0 Å². The molecule has 1 saturated carbocycles. The van der Waals surface area contributed by atoms with Gasteiger partial charge in [-0.15, -0.1) is 0 Å².